The van der Waals surface area contributed by atoms with Gasteiger partial charge in [-0.1, -0.05) is 20.3 Å². The van der Waals surface area contributed by atoms with E-state index in [4.69, 9.17) is 10.7 Å². The van der Waals surface area contributed by atoms with Gasteiger partial charge >= 0.3 is 0 Å². The lowest BCUT2D eigenvalue weighted by Crippen LogP contribution is -2.29. The van der Waals surface area contributed by atoms with Crippen LogP contribution in [0.1, 0.15) is 64.5 Å². The van der Waals surface area contributed by atoms with Crippen molar-refractivity contribution in [2.45, 2.75) is 70.9 Å². The van der Waals surface area contributed by atoms with E-state index in [1.807, 2.05) is 16.8 Å². The van der Waals surface area contributed by atoms with Crippen LogP contribution in [0, 0.1) is 5.92 Å². The summed E-state index contributed by atoms with van der Waals surface area (Å²) in [6.45, 7) is 6.56. The van der Waals surface area contributed by atoms with E-state index in [0.29, 0.717) is 12.0 Å². The van der Waals surface area contributed by atoms with Gasteiger partial charge in [0.15, 0.2) is 5.65 Å². The van der Waals surface area contributed by atoms with Crippen molar-refractivity contribution < 1.29 is 0 Å². The van der Waals surface area contributed by atoms with E-state index in [9.17, 15) is 0 Å². The van der Waals surface area contributed by atoms with Crippen molar-refractivity contribution in [3.63, 3.8) is 0 Å². The summed E-state index contributed by atoms with van der Waals surface area (Å²) in [5.74, 6) is 2.33. The summed E-state index contributed by atoms with van der Waals surface area (Å²) in [7, 11) is 0. The molecule has 23 heavy (non-hydrogen) atoms. The second-order valence-electron chi connectivity index (χ2n) is 7.11. The van der Waals surface area contributed by atoms with Crippen molar-refractivity contribution in [1.29, 1.82) is 0 Å². The molecule has 2 heterocycles. The Morgan fingerprint density at radius 1 is 1.39 bits per heavy atom. The Hall–Kier alpha value is -1.62. The van der Waals surface area contributed by atoms with Crippen LogP contribution in [0.25, 0.3) is 5.65 Å². The normalized spacial score (nSPS) is 19.3. The number of nitrogens with zero attached hydrogens (tertiary/aromatic N) is 3. The maximum absolute atomic E-state index is 5.98. The third kappa shape index (κ3) is 3.50. The molecule has 0 bridgehead atoms. The van der Waals surface area contributed by atoms with Crippen LogP contribution in [-0.2, 0) is 0 Å². The van der Waals surface area contributed by atoms with E-state index in [-0.39, 0.29) is 6.04 Å². The van der Waals surface area contributed by atoms with Gasteiger partial charge in [0.25, 0.3) is 0 Å². The Labute approximate surface area is 138 Å². The van der Waals surface area contributed by atoms with Gasteiger partial charge in [-0.2, -0.15) is 9.61 Å². The Bertz CT molecular complexity index is 644. The van der Waals surface area contributed by atoms with Gasteiger partial charge in [0.2, 0.25) is 0 Å². The molecule has 2 aromatic heterocycles. The largest absolute Gasteiger partial charge is 0.367 e. The smallest absolute Gasteiger partial charge is 0.157 e. The Morgan fingerprint density at radius 2 is 2.17 bits per heavy atom. The first-order chi connectivity index (χ1) is 11.1. The number of hydrogen-bond acceptors (Lipinski definition) is 4. The van der Waals surface area contributed by atoms with Gasteiger partial charge in [-0.25, -0.2) is 4.98 Å². The minimum absolute atomic E-state index is 0.191. The predicted octanol–water partition coefficient (Wildman–Crippen LogP) is 3.56. The summed E-state index contributed by atoms with van der Waals surface area (Å²) >= 11 is 0. The van der Waals surface area contributed by atoms with Crippen molar-refractivity contribution in [3.05, 3.63) is 24.0 Å². The zero-order chi connectivity index (χ0) is 16.4. The molecule has 5 heteroatoms. The maximum Gasteiger partial charge on any atom is 0.157 e. The van der Waals surface area contributed by atoms with Gasteiger partial charge < -0.3 is 11.1 Å². The minimum atomic E-state index is 0.191. The highest BCUT2D eigenvalue weighted by Gasteiger charge is 2.27. The molecule has 3 atom stereocenters. The standard InChI is InChI=1S/C18H29N5/c1-4-15(10-12(2)19)21-18-11-16(13(3)14-6-5-7-14)22-17-8-9-20-23(17)18/h8-9,11-15,21H,4-7,10,19H2,1-3H3/t12-,13-,15-/m0/s1. The second-order valence-corrected chi connectivity index (χ2v) is 7.11. The molecule has 0 aliphatic heterocycles. The predicted molar refractivity (Wildman–Crippen MR) is 94.7 cm³/mol. The summed E-state index contributed by atoms with van der Waals surface area (Å²) in [6, 6.07) is 4.72. The van der Waals surface area contributed by atoms with E-state index >= 15 is 0 Å². The van der Waals surface area contributed by atoms with Crippen LogP contribution < -0.4 is 11.1 Å². The number of hydrogen-bond donors (Lipinski definition) is 2. The maximum atomic E-state index is 5.98. The lowest BCUT2D eigenvalue weighted by Gasteiger charge is -2.31. The minimum Gasteiger partial charge on any atom is -0.367 e. The molecule has 5 nitrogen and oxygen atoms in total. The molecule has 126 valence electrons. The van der Waals surface area contributed by atoms with Gasteiger partial charge in [0.05, 0.1) is 6.20 Å². The van der Waals surface area contributed by atoms with Gasteiger partial charge in [0.1, 0.15) is 5.82 Å². The molecule has 3 N–H and O–H groups in total. The van der Waals surface area contributed by atoms with Crippen LogP contribution in [0.3, 0.4) is 0 Å². The van der Waals surface area contributed by atoms with Crippen molar-refractivity contribution in [2.24, 2.45) is 11.7 Å². The molecule has 1 aliphatic carbocycles. The average Bonchev–Trinajstić information content (AvgIpc) is 2.92. The average molecular weight is 315 g/mol. The first-order valence-corrected chi connectivity index (χ1v) is 8.95. The van der Waals surface area contributed by atoms with Crippen molar-refractivity contribution >= 4 is 11.5 Å². The number of nitrogens with two attached hydrogens (primary N) is 1. The molecule has 1 fully saturated rings. The third-order valence-corrected chi connectivity index (χ3v) is 5.20. The molecular weight excluding hydrogens is 286 g/mol. The molecule has 0 spiro atoms. The molecule has 0 aromatic carbocycles. The molecule has 1 aliphatic rings. The first-order valence-electron chi connectivity index (χ1n) is 8.95. The fourth-order valence-electron chi connectivity index (χ4n) is 3.44. The fraction of sp³-hybridized carbons (Fsp3) is 0.667. The van der Waals surface area contributed by atoms with Crippen molar-refractivity contribution in [3.8, 4) is 0 Å². The van der Waals surface area contributed by atoms with Crippen LogP contribution in [0.4, 0.5) is 5.82 Å². The molecule has 0 saturated heterocycles. The summed E-state index contributed by atoms with van der Waals surface area (Å²) in [4.78, 5) is 4.83. The van der Waals surface area contributed by atoms with Crippen LogP contribution in [0.2, 0.25) is 0 Å². The van der Waals surface area contributed by atoms with Gasteiger partial charge in [0, 0.05) is 35.8 Å². The van der Waals surface area contributed by atoms with E-state index in [2.05, 4.69) is 37.3 Å². The molecule has 1 saturated carbocycles. The number of nitrogens with one attached hydrogen (secondary N) is 1. The van der Waals surface area contributed by atoms with Crippen molar-refractivity contribution in [1.82, 2.24) is 14.6 Å². The van der Waals surface area contributed by atoms with E-state index in [1.54, 1.807) is 0 Å². The number of anilines is 1. The highest BCUT2D eigenvalue weighted by molar-refractivity contribution is 5.50. The SMILES string of the molecule is CC[C@@H](C[C@H](C)N)Nc1cc([C@@H](C)C2CCC2)nc2ccnn12. The van der Waals surface area contributed by atoms with Crippen LogP contribution >= 0.6 is 0 Å². The number of fused-ring (bicyclic) bond motifs is 1. The van der Waals surface area contributed by atoms with Gasteiger partial charge in [-0.05, 0) is 38.5 Å². The first kappa shape index (κ1) is 16.2. The third-order valence-electron chi connectivity index (χ3n) is 5.20. The number of rotatable bonds is 7. The lowest BCUT2D eigenvalue weighted by atomic mass is 9.75. The van der Waals surface area contributed by atoms with Crippen molar-refractivity contribution in [2.75, 3.05) is 5.32 Å². The topological polar surface area (TPSA) is 68.2 Å². The monoisotopic (exact) mass is 315 g/mol. The quantitative estimate of drug-likeness (QED) is 0.819. The van der Waals surface area contributed by atoms with Crippen LogP contribution in [0.15, 0.2) is 18.3 Å². The van der Waals surface area contributed by atoms with Gasteiger partial charge in [-0.15, -0.1) is 0 Å². The fourth-order valence-corrected chi connectivity index (χ4v) is 3.44. The molecule has 0 amide bonds. The Balaban J connectivity index is 1.89. The van der Waals surface area contributed by atoms with E-state index in [1.165, 1.54) is 25.0 Å². The number of aromatic nitrogens is 3. The summed E-state index contributed by atoms with van der Waals surface area (Å²) < 4.78 is 1.90. The highest BCUT2D eigenvalue weighted by Crippen LogP contribution is 2.39. The van der Waals surface area contributed by atoms with E-state index < -0.39 is 0 Å². The van der Waals surface area contributed by atoms with Gasteiger partial charge in [-0.3, -0.25) is 0 Å². The molecule has 2 aromatic rings. The second kappa shape index (κ2) is 6.87. The Morgan fingerprint density at radius 3 is 2.78 bits per heavy atom. The molecular formula is C18H29N5. The molecule has 0 unspecified atom stereocenters. The Kier molecular flexibility index (Phi) is 4.85. The molecule has 0 radical (unpaired) electrons. The summed E-state index contributed by atoms with van der Waals surface area (Å²) in [5, 5.41) is 8.06. The highest BCUT2D eigenvalue weighted by atomic mass is 15.3. The van der Waals surface area contributed by atoms with Crippen LogP contribution in [-0.4, -0.2) is 26.7 Å². The summed E-state index contributed by atoms with van der Waals surface area (Å²) in [6.07, 6.45) is 7.84. The van der Waals surface area contributed by atoms with E-state index in [0.717, 1.165) is 30.2 Å². The summed E-state index contributed by atoms with van der Waals surface area (Å²) in [5.41, 5.74) is 8.09. The zero-order valence-electron chi connectivity index (χ0n) is 14.5. The molecule has 3 rings (SSSR count). The van der Waals surface area contributed by atoms with Crippen LogP contribution in [0.5, 0.6) is 0 Å². The zero-order valence-corrected chi connectivity index (χ0v) is 14.5. The lowest BCUT2D eigenvalue weighted by molar-refractivity contribution is 0.269.